The minimum absolute atomic E-state index is 0.363. The molecule has 2 N–H and O–H groups in total. The molecule has 0 saturated carbocycles. The van der Waals surface area contributed by atoms with Crippen LogP contribution in [0.4, 0.5) is 0 Å². The number of nitriles is 1. The lowest BCUT2D eigenvalue weighted by Crippen LogP contribution is -2.01. The Bertz CT molecular complexity index is 1240. The smallest absolute Gasteiger partial charge is 0.218 e. The molecule has 30 heavy (non-hydrogen) atoms. The van der Waals surface area contributed by atoms with Gasteiger partial charge in [0.15, 0.2) is 5.82 Å². The van der Waals surface area contributed by atoms with E-state index in [0.29, 0.717) is 40.8 Å². The minimum Gasteiger partial charge on any atom is -0.438 e. The number of nitrogens with two attached hydrogens (primary N) is 1. The highest BCUT2D eigenvalue weighted by Crippen LogP contribution is 2.33. The van der Waals surface area contributed by atoms with Gasteiger partial charge in [0.25, 0.3) is 0 Å². The molecular weight excluding hydrogens is 378 g/mol. The summed E-state index contributed by atoms with van der Waals surface area (Å²) in [4.78, 5) is 13.1. The van der Waals surface area contributed by atoms with Gasteiger partial charge in [0, 0.05) is 43.8 Å². The Balaban J connectivity index is 1.73. The van der Waals surface area contributed by atoms with Crippen molar-refractivity contribution in [3.8, 4) is 40.5 Å². The predicted molar refractivity (Wildman–Crippen MR) is 111 cm³/mol. The average molecular weight is 397 g/mol. The number of benzene rings is 1. The largest absolute Gasteiger partial charge is 0.438 e. The molecule has 0 aliphatic carbocycles. The van der Waals surface area contributed by atoms with Gasteiger partial charge in [-0.15, -0.1) is 0 Å². The normalized spacial score (nSPS) is 10.6. The number of aryl methyl sites for hydroxylation is 2. The first-order valence-electron chi connectivity index (χ1n) is 9.28. The van der Waals surface area contributed by atoms with Crippen molar-refractivity contribution < 1.29 is 4.74 Å². The topological polar surface area (TPSA) is 116 Å². The lowest BCUT2D eigenvalue weighted by atomic mass is 10.1. The molecule has 8 nitrogen and oxygen atoms in total. The van der Waals surface area contributed by atoms with E-state index in [-0.39, 0.29) is 0 Å². The quantitative estimate of drug-likeness (QED) is 0.549. The Hall–Kier alpha value is -4.09. The first-order chi connectivity index (χ1) is 14.6. The van der Waals surface area contributed by atoms with Crippen LogP contribution in [0.3, 0.4) is 0 Å². The molecule has 3 heterocycles. The second-order valence-corrected chi connectivity index (χ2v) is 6.75. The first-order valence-corrected chi connectivity index (χ1v) is 9.28. The van der Waals surface area contributed by atoms with Gasteiger partial charge in [-0.3, -0.25) is 4.98 Å². The van der Waals surface area contributed by atoms with Gasteiger partial charge in [-0.05, 0) is 42.8 Å². The zero-order valence-electron chi connectivity index (χ0n) is 16.6. The predicted octanol–water partition coefficient (Wildman–Crippen LogP) is 3.37. The first kappa shape index (κ1) is 19.2. The maximum absolute atomic E-state index is 9.31. The lowest BCUT2D eigenvalue weighted by Gasteiger charge is -2.11. The molecule has 4 rings (SSSR count). The number of aromatic nitrogens is 5. The molecule has 148 valence electrons. The van der Waals surface area contributed by atoms with Gasteiger partial charge in [0.05, 0.1) is 22.9 Å². The maximum atomic E-state index is 9.31. The van der Waals surface area contributed by atoms with E-state index in [4.69, 9.17) is 10.5 Å². The second kappa shape index (κ2) is 8.11. The molecule has 4 aromatic rings. The van der Waals surface area contributed by atoms with Gasteiger partial charge < -0.3 is 10.5 Å². The van der Waals surface area contributed by atoms with Crippen LogP contribution in [-0.2, 0) is 13.6 Å². The standard InChI is InChI=1S/C22H19N7O/c1-14-5-6-25-18(7-14)19-9-21(29(2)28-19)30-20-8-15(10-23)3-4-17(20)22-26-12-16(11-24)13-27-22/h3-9,12-13H,11,24H2,1-2H3. The molecular formula is C22H19N7O. The molecule has 1 aromatic carbocycles. The number of nitrogens with zero attached hydrogens (tertiary/aromatic N) is 6. The minimum atomic E-state index is 0.363. The van der Waals surface area contributed by atoms with Gasteiger partial charge in [-0.2, -0.15) is 10.4 Å². The van der Waals surface area contributed by atoms with Crippen LogP contribution in [0.1, 0.15) is 16.7 Å². The van der Waals surface area contributed by atoms with Gasteiger partial charge in [-0.25, -0.2) is 14.6 Å². The van der Waals surface area contributed by atoms with E-state index in [0.717, 1.165) is 16.8 Å². The van der Waals surface area contributed by atoms with Crippen molar-refractivity contribution in [3.05, 3.63) is 71.7 Å². The third-order valence-electron chi connectivity index (χ3n) is 4.52. The summed E-state index contributed by atoms with van der Waals surface area (Å²) < 4.78 is 7.77. The SMILES string of the molecule is Cc1ccnc(-c2cc(Oc3cc(C#N)ccc3-c3ncc(CN)cn3)n(C)n2)c1. The van der Waals surface area contributed by atoms with E-state index in [1.54, 1.807) is 48.5 Å². The summed E-state index contributed by atoms with van der Waals surface area (Å²) in [5, 5.41) is 13.8. The van der Waals surface area contributed by atoms with Gasteiger partial charge >= 0.3 is 0 Å². The Morgan fingerprint density at radius 2 is 1.87 bits per heavy atom. The summed E-state index contributed by atoms with van der Waals surface area (Å²) in [5.74, 6) is 1.44. The molecule has 0 amide bonds. The number of hydrogen-bond donors (Lipinski definition) is 1. The molecule has 0 unspecified atom stereocenters. The highest BCUT2D eigenvalue weighted by molar-refractivity contribution is 5.67. The lowest BCUT2D eigenvalue weighted by molar-refractivity contribution is 0.432. The fourth-order valence-electron chi connectivity index (χ4n) is 2.92. The fraction of sp³-hybridized carbons (Fsp3) is 0.136. The van der Waals surface area contributed by atoms with Crippen LogP contribution in [0.25, 0.3) is 22.8 Å². The van der Waals surface area contributed by atoms with Crippen molar-refractivity contribution in [2.24, 2.45) is 12.8 Å². The number of pyridine rings is 1. The Labute approximate surface area is 173 Å². The summed E-state index contributed by atoms with van der Waals surface area (Å²) in [6, 6.07) is 13.0. The molecule has 0 bridgehead atoms. The molecule has 0 radical (unpaired) electrons. The summed E-state index contributed by atoms with van der Waals surface area (Å²) in [7, 11) is 1.79. The molecule has 0 aliphatic heterocycles. The Morgan fingerprint density at radius 1 is 1.07 bits per heavy atom. The molecule has 0 atom stereocenters. The van der Waals surface area contributed by atoms with E-state index < -0.39 is 0 Å². The van der Waals surface area contributed by atoms with Crippen LogP contribution >= 0.6 is 0 Å². The van der Waals surface area contributed by atoms with E-state index in [2.05, 4.69) is 26.1 Å². The zero-order chi connectivity index (χ0) is 21.1. The fourth-order valence-corrected chi connectivity index (χ4v) is 2.92. The van der Waals surface area contributed by atoms with Gasteiger partial charge in [0.2, 0.25) is 5.88 Å². The van der Waals surface area contributed by atoms with Crippen molar-refractivity contribution in [3.63, 3.8) is 0 Å². The number of rotatable bonds is 5. The zero-order valence-corrected chi connectivity index (χ0v) is 16.6. The van der Waals surface area contributed by atoms with Crippen molar-refractivity contribution in [2.45, 2.75) is 13.5 Å². The molecule has 0 aliphatic rings. The van der Waals surface area contributed by atoms with Crippen LogP contribution in [0, 0.1) is 18.3 Å². The summed E-state index contributed by atoms with van der Waals surface area (Å²) in [6.07, 6.45) is 5.10. The summed E-state index contributed by atoms with van der Waals surface area (Å²) in [5.41, 5.74) is 10.1. The monoisotopic (exact) mass is 397 g/mol. The Kier molecular flexibility index (Phi) is 5.20. The van der Waals surface area contributed by atoms with Crippen molar-refractivity contribution in [1.29, 1.82) is 5.26 Å². The average Bonchev–Trinajstić information content (AvgIpc) is 3.14. The highest BCUT2D eigenvalue weighted by Gasteiger charge is 2.15. The van der Waals surface area contributed by atoms with Crippen molar-refractivity contribution >= 4 is 0 Å². The van der Waals surface area contributed by atoms with Crippen LogP contribution in [0.5, 0.6) is 11.6 Å². The Morgan fingerprint density at radius 3 is 2.57 bits per heavy atom. The summed E-state index contributed by atoms with van der Waals surface area (Å²) >= 11 is 0. The number of hydrogen-bond acceptors (Lipinski definition) is 7. The summed E-state index contributed by atoms with van der Waals surface area (Å²) in [6.45, 7) is 2.36. The molecule has 3 aromatic heterocycles. The molecule has 8 heteroatoms. The van der Waals surface area contributed by atoms with Crippen molar-refractivity contribution in [1.82, 2.24) is 24.7 Å². The van der Waals surface area contributed by atoms with E-state index in [9.17, 15) is 5.26 Å². The second-order valence-electron chi connectivity index (χ2n) is 6.75. The van der Waals surface area contributed by atoms with Crippen LogP contribution in [-0.4, -0.2) is 24.7 Å². The van der Waals surface area contributed by atoms with Crippen molar-refractivity contribution in [2.75, 3.05) is 0 Å². The van der Waals surface area contributed by atoms with Gasteiger partial charge in [-0.1, -0.05) is 0 Å². The third-order valence-corrected chi connectivity index (χ3v) is 4.52. The van der Waals surface area contributed by atoms with E-state index in [1.165, 1.54) is 0 Å². The van der Waals surface area contributed by atoms with Crippen LogP contribution in [0.2, 0.25) is 0 Å². The molecule has 0 saturated heterocycles. The highest BCUT2D eigenvalue weighted by atomic mass is 16.5. The number of ether oxygens (including phenoxy) is 1. The van der Waals surface area contributed by atoms with E-state index in [1.807, 2.05) is 25.1 Å². The molecule has 0 spiro atoms. The van der Waals surface area contributed by atoms with E-state index >= 15 is 0 Å². The maximum Gasteiger partial charge on any atom is 0.218 e. The van der Waals surface area contributed by atoms with Crippen LogP contribution < -0.4 is 10.5 Å². The molecule has 0 fully saturated rings. The van der Waals surface area contributed by atoms with Gasteiger partial charge in [0.1, 0.15) is 11.4 Å². The van der Waals surface area contributed by atoms with Crippen LogP contribution in [0.15, 0.2) is 55.0 Å². The third kappa shape index (κ3) is 3.87.